The van der Waals surface area contributed by atoms with Gasteiger partial charge in [0.1, 0.15) is 17.6 Å². The maximum Gasteiger partial charge on any atom is 0.108 e. The first-order chi connectivity index (χ1) is 9.58. The Morgan fingerprint density at radius 3 is 2.45 bits per heavy atom. The van der Waals surface area contributed by atoms with Crippen LogP contribution in [0.2, 0.25) is 0 Å². The highest BCUT2D eigenvalue weighted by Crippen LogP contribution is 2.38. The van der Waals surface area contributed by atoms with E-state index in [9.17, 15) is 5.11 Å². The van der Waals surface area contributed by atoms with Crippen molar-refractivity contribution in [3.8, 4) is 0 Å². The summed E-state index contributed by atoms with van der Waals surface area (Å²) in [6.45, 7) is 5.89. The number of aryl methyl sites for hydroxylation is 2. The molecule has 20 heavy (non-hydrogen) atoms. The molecule has 0 saturated heterocycles. The van der Waals surface area contributed by atoms with E-state index < -0.39 is 6.10 Å². The molecule has 1 aromatic heterocycles. The van der Waals surface area contributed by atoms with Crippen LogP contribution in [-0.2, 0) is 0 Å². The fraction of sp³-hybridized carbons (Fsp3) is 0.444. The Kier molecular flexibility index (Phi) is 3.43. The van der Waals surface area contributed by atoms with Gasteiger partial charge < -0.3 is 9.52 Å². The molecule has 0 aliphatic heterocycles. The van der Waals surface area contributed by atoms with Crippen molar-refractivity contribution in [1.29, 1.82) is 0 Å². The molecular weight excluding hydrogens is 248 g/mol. The minimum Gasteiger partial charge on any atom is -0.466 e. The Bertz CT molecular complexity index is 620. The average Bonchev–Trinajstić information content (AvgIpc) is 2.61. The average molecular weight is 270 g/mol. The van der Waals surface area contributed by atoms with E-state index >= 15 is 0 Å². The van der Waals surface area contributed by atoms with Gasteiger partial charge in [-0.25, -0.2) is 0 Å². The van der Waals surface area contributed by atoms with Crippen LogP contribution >= 0.6 is 0 Å². The Labute approximate surface area is 120 Å². The van der Waals surface area contributed by atoms with Gasteiger partial charge in [-0.2, -0.15) is 0 Å². The van der Waals surface area contributed by atoms with Gasteiger partial charge in [0.15, 0.2) is 0 Å². The molecule has 0 spiro atoms. The van der Waals surface area contributed by atoms with Crippen LogP contribution in [-0.4, -0.2) is 5.11 Å². The van der Waals surface area contributed by atoms with Crippen molar-refractivity contribution in [1.82, 2.24) is 0 Å². The van der Waals surface area contributed by atoms with Gasteiger partial charge in [-0.3, -0.25) is 0 Å². The molecule has 106 valence electrons. The third-order valence-corrected chi connectivity index (χ3v) is 4.69. The number of aliphatic hydroxyl groups excluding tert-OH is 1. The maximum absolute atomic E-state index is 10.7. The van der Waals surface area contributed by atoms with Gasteiger partial charge >= 0.3 is 0 Å². The molecule has 0 amide bonds. The fourth-order valence-corrected chi connectivity index (χ4v) is 3.10. The molecule has 0 bridgehead atoms. The molecule has 1 unspecified atom stereocenters. The van der Waals surface area contributed by atoms with Crippen LogP contribution in [0.5, 0.6) is 0 Å². The van der Waals surface area contributed by atoms with Crippen LogP contribution in [0, 0.1) is 20.8 Å². The minimum absolute atomic E-state index is 0.590. The van der Waals surface area contributed by atoms with Crippen LogP contribution in [0.1, 0.15) is 65.1 Å². The highest BCUT2D eigenvalue weighted by Gasteiger charge is 2.23. The number of rotatable bonds is 3. The van der Waals surface area contributed by atoms with E-state index in [0.717, 1.165) is 28.2 Å². The van der Waals surface area contributed by atoms with Gasteiger partial charge in [0, 0.05) is 5.56 Å². The number of hydrogen-bond donors (Lipinski definition) is 1. The summed E-state index contributed by atoms with van der Waals surface area (Å²) in [5.74, 6) is 2.41. The fourth-order valence-electron chi connectivity index (χ4n) is 3.10. The van der Waals surface area contributed by atoms with Crippen molar-refractivity contribution in [2.45, 2.75) is 52.1 Å². The van der Waals surface area contributed by atoms with Crippen molar-refractivity contribution in [2.75, 3.05) is 0 Å². The molecule has 2 heteroatoms. The summed E-state index contributed by atoms with van der Waals surface area (Å²) >= 11 is 0. The molecule has 1 aromatic carbocycles. The minimum atomic E-state index is -0.590. The van der Waals surface area contributed by atoms with E-state index in [-0.39, 0.29) is 0 Å². The molecule has 3 rings (SSSR count). The summed E-state index contributed by atoms with van der Waals surface area (Å²) in [5, 5.41) is 10.7. The van der Waals surface area contributed by atoms with Gasteiger partial charge in [-0.05, 0) is 56.2 Å². The second-order valence-electron chi connectivity index (χ2n) is 5.95. The van der Waals surface area contributed by atoms with E-state index in [1.165, 1.54) is 24.8 Å². The van der Waals surface area contributed by atoms with E-state index in [4.69, 9.17) is 4.42 Å². The highest BCUT2D eigenvalue weighted by molar-refractivity contribution is 5.40. The van der Waals surface area contributed by atoms with Crippen molar-refractivity contribution in [3.63, 3.8) is 0 Å². The topological polar surface area (TPSA) is 33.4 Å². The lowest BCUT2D eigenvalue weighted by Crippen LogP contribution is -2.10. The van der Waals surface area contributed by atoms with E-state index in [1.807, 2.05) is 26.8 Å². The molecule has 1 fully saturated rings. The molecule has 1 heterocycles. The summed E-state index contributed by atoms with van der Waals surface area (Å²) in [6.07, 6.45) is 3.30. The first kappa shape index (κ1) is 13.4. The van der Waals surface area contributed by atoms with Crippen LogP contribution in [0.15, 0.2) is 28.7 Å². The lowest BCUT2D eigenvalue weighted by Gasteiger charge is -2.26. The largest absolute Gasteiger partial charge is 0.466 e. The zero-order valence-corrected chi connectivity index (χ0v) is 12.4. The zero-order valence-electron chi connectivity index (χ0n) is 12.4. The molecule has 1 aliphatic rings. The number of furan rings is 1. The molecule has 1 saturated carbocycles. The van der Waals surface area contributed by atoms with Crippen molar-refractivity contribution >= 4 is 0 Å². The van der Waals surface area contributed by atoms with E-state index in [0.29, 0.717) is 5.92 Å². The lowest BCUT2D eigenvalue weighted by atomic mass is 9.79. The second kappa shape index (κ2) is 5.10. The summed E-state index contributed by atoms with van der Waals surface area (Å²) in [6, 6.07) is 8.41. The second-order valence-corrected chi connectivity index (χ2v) is 5.95. The number of benzene rings is 1. The number of aliphatic hydroxyl groups is 1. The van der Waals surface area contributed by atoms with Gasteiger partial charge in [0.05, 0.1) is 0 Å². The predicted octanol–water partition coefficient (Wildman–Crippen LogP) is 4.55. The maximum atomic E-state index is 10.7. The Morgan fingerprint density at radius 1 is 1.15 bits per heavy atom. The molecule has 1 aliphatic carbocycles. The van der Waals surface area contributed by atoms with Gasteiger partial charge in [0.25, 0.3) is 0 Å². The van der Waals surface area contributed by atoms with Crippen LogP contribution in [0.25, 0.3) is 0 Å². The van der Waals surface area contributed by atoms with Gasteiger partial charge in [0.2, 0.25) is 0 Å². The zero-order chi connectivity index (χ0) is 14.3. The molecular formula is C18H22O2. The summed E-state index contributed by atoms with van der Waals surface area (Å²) in [4.78, 5) is 0. The summed E-state index contributed by atoms with van der Waals surface area (Å²) in [7, 11) is 0. The van der Waals surface area contributed by atoms with Crippen molar-refractivity contribution < 1.29 is 9.52 Å². The summed E-state index contributed by atoms with van der Waals surface area (Å²) < 4.78 is 5.64. The van der Waals surface area contributed by atoms with Gasteiger partial charge in [-0.1, -0.05) is 30.7 Å². The third-order valence-electron chi connectivity index (χ3n) is 4.69. The first-order valence-corrected chi connectivity index (χ1v) is 7.42. The van der Waals surface area contributed by atoms with E-state index in [1.54, 1.807) is 0 Å². The Hall–Kier alpha value is -1.54. The quantitative estimate of drug-likeness (QED) is 0.887. The third kappa shape index (κ3) is 2.18. The predicted molar refractivity (Wildman–Crippen MR) is 80.0 cm³/mol. The smallest absolute Gasteiger partial charge is 0.108 e. The van der Waals surface area contributed by atoms with Crippen molar-refractivity contribution in [2.24, 2.45) is 0 Å². The monoisotopic (exact) mass is 270 g/mol. The standard InChI is InChI=1S/C18H22O2/c1-11-12(2)20-13(3)17(11)18(19)16-9-5-8-15(10-16)14-6-4-7-14/h5,8-10,14,18-19H,4,6-7H2,1-3H3. The molecule has 1 atom stereocenters. The van der Waals surface area contributed by atoms with Gasteiger partial charge in [-0.15, -0.1) is 0 Å². The Balaban J connectivity index is 1.95. The first-order valence-electron chi connectivity index (χ1n) is 7.42. The SMILES string of the molecule is Cc1oc(C)c(C(O)c2cccc(C3CCC3)c2)c1C. The molecule has 2 aromatic rings. The summed E-state index contributed by atoms with van der Waals surface area (Å²) in [5.41, 5.74) is 4.32. The number of hydrogen-bond acceptors (Lipinski definition) is 2. The molecule has 2 nitrogen and oxygen atoms in total. The van der Waals surface area contributed by atoms with E-state index in [2.05, 4.69) is 18.2 Å². The molecule has 0 radical (unpaired) electrons. The van der Waals surface area contributed by atoms with Crippen LogP contribution < -0.4 is 0 Å². The highest BCUT2D eigenvalue weighted by atomic mass is 16.3. The van der Waals surface area contributed by atoms with Crippen LogP contribution in [0.3, 0.4) is 0 Å². The van der Waals surface area contributed by atoms with Crippen LogP contribution in [0.4, 0.5) is 0 Å². The van der Waals surface area contributed by atoms with Crippen molar-refractivity contribution in [3.05, 3.63) is 58.0 Å². The lowest BCUT2D eigenvalue weighted by molar-refractivity contribution is 0.217. The molecule has 1 N–H and O–H groups in total. The normalized spacial score (nSPS) is 17.0. The Morgan fingerprint density at radius 2 is 1.90 bits per heavy atom.